The number of para-hydroxylation sites is 2. The number of hydrogen-bond acceptors (Lipinski definition) is 6. The average molecular weight is 329 g/mol. The molecule has 4 N–H and O–H groups in total. The molecule has 23 heavy (non-hydrogen) atoms. The molecule has 0 spiro atoms. The maximum absolute atomic E-state index is 12.3. The number of benzene rings is 1. The van der Waals surface area contributed by atoms with Crippen LogP contribution in [-0.4, -0.2) is 26.1 Å². The van der Waals surface area contributed by atoms with Gasteiger partial charge in [-0.3, -0.25) is 9.59 Å². The van der Waals surface area contributed by atoms with Crippen LogP contribution >= 0.6 is 11.3 Å². The monoisotopic (exact) mass is 329 g/mol. The van der Waals surface area contributed by atoms with Crippen molar-refractivity contribution in [2.24, 2.45) is 0 Å². The molecule has 3 rings (SSSR count). The van der Waals surface area contributed by atoms with Crippen LogP contribution in [0.1, 0.15) is 10.5 Å². The Bertz CT molecular complexity index is 919. The highest BCUT2D eigenvalue weighted by Crippen LogP contribution is 2.24. The Labute approximate surface area is 133 Å². The summed E-state index contributed by atoms with van der Waals surface area (Å²) >= 11 is 1.33. The lowest BCUT2D eigenvalue weighted by Gasteiger charge is -2.08. The first-order valence-electron chi connectivity index (χ1n) is 6.53. The summed E-state index contributed by atoms with van der Waals surface area (Å²) in [6.07, 6.45) is 0. The smallest absolute Gasteiger partial charge is 0.294 e. The lowest BCUT2D eigenvalue weighted by Crippen LogP contribution is -2.20. The molecule has 8 heteroatoms. The van der Waals surface area contributed by atoms with Gasteiger partial charge < -0.3 is 20.5 Å². The van der Waals surface area contributed by atoms with E-state index in [0.717, 1.165) is 0 Å². The van der Waals surface area contributed by atoms with Gasteiger partial charge in [0, 0.05) is 0 Å². The third-order valence-electron chi connectivity index (χ3n) is 3.02. The van der Waals surface area contributed by atoms with Gasteiger partial charge in [-0.05, 0) is 23.6 Å². The van der Waals surface area contributed by atoms with Crippen molar-refractivity contribution in [2.45, 2.75) is 0 Å². The molecular formula is C15H11N3O4S. The van der Waals surface area contributed by atoms with E-state index in [2.05, 4.69) is 15.3 Å². The Kier molecular flexibility index (Phi) is 3.82. The number of aromatic amines is 1. The fourth-order valence-corrected chi connectivity index (χ4v) is 2.59. The van der Waals surface area contributed by atoms with Crippen LogP contribution in [0.4, 0.5) is 5.69 Å². The molecule has 0 aliphatic rings. The van der Waals surface area contributed by atoms with Crippen LogP contribution in [0, 0.1) is 0 Å². The quantitative estimate of drug-likeness (QED) is 0.550. The zero-order valence-corrected chi connectivity index (χ0v) is 12.4. The maximum Gasteiger partial charge on any atom is 0.294 e. The third kappa shape index (κ3) is 2.92. The van der Waals surface area contributed by atoms with Gasteiger partial charge in [-0.15, -0.1) is 11.3 Å². The molecule has 1 aromatic carbocycles. The maximum atomic E-state index is 12.3. The first-order valence-corrected chi connectivity index (χ1v) is 7.40. The fourth-order valence-electron chi connectivity index (χ4n) is 1.92. The highest BCUT2D eigenvalue weighted by Gasteiger charge is 2.19. The Balaban J connectivity index is 2.00. The number of rotatable bonds is 3. The number of nitrogens with zero attached hydrogens (tertiary/aromatic N) is 1. The van der Waals surface area contributed by atoms with Crippen molar-refractivity contribution in [1.29, 1.82) is 0 Å². The van der Waals surface area contributed by atoms with Crippen LogP contribution < -0.4 is 10.9 Å². The van der Waals surface area contributed by atoms with E-state index in [9.17, 15) is 19.8 Å². The third-order valence-corrected chi connectivity index (χ3v) is 3.89. The van der Waals surface area contributed by atoms with Crippen molar-refractivity contribution < 1.29 is 15.0 Å². The van der Waals surface area contributed by atoms with Gasteiger partial charge in [0.2, 0.25) is 5.75 Å². The van der Waals surface area contributed by atoms with E-state index < -0.39 is 22.9 Å². The lowest BCUT2D eigenvalue weighted by molar-refractivity contribution is 0.101. The second kappa shape index (κ2) is 5.93. The van der Waals surface area contributed by atoms with Crippen LogP contribution in [0.2, 0.25) is 0 Å². The second-order valence-corrected chi connectivity index (χ2v) is 5.51. The molecule has 0 bridgehead atoms. The normalized spacial score (nSPS) is 10.4. The van der Waals surface area contributed by atoms with Crippen LogP contribution in [-0.2, 0) is 0 Å². The number of thiophene rings is 1. The molecule has 7 nitrogen and oxygen atoms in total. The molecule has 0 saturated heterocycles. The second-order valence-electron chi connectivity index (χ2n) is 4.56. The first-order chi connectivity index (χ1) is 11.1. The number of carbonyl (C=O) groups excluding carboxylic acids is 1. The average Bonchev–Trinajstić information content (AvgIpc) is 3.06. The van der Waals surface area contributed by atoms with E-state index in [1.807, 2.05) is 0 Å². The molecule has 0 saturated carbocycles. The zero-order valence-electron chi connectivity index (χ0n) is 11.6. The topological polar surface area (TPSA) is 115 Å². The standard InChI is InChI=1S/C15H11N3O4S/c19-9-5-2-1-4-8(9)16-14(21)11-12(20)15(22)18-13(17-11)10-6-3-7-23-10/h1-7,19-20H,(H,16,21)(H,17,18,22). The summed E-state index contributed by atoms with van der Waals surface area (Å²) in [6, 6.07) is 9.61. The Morgan fingerprint density at radius 1 is 1.17 bits per heavy atom. The summed E-state index contributed by atoms with van der Waals surface area (Å²) in [6.45, 7) is 0. The molecule has 0 atom stereocenters. The largest absolute Gasteiger partial charge is 0.506 e. The first kappa shape index (κ1) is 14.8. The van der Waals surface area contributed by atoms with Gasteiger partial charge in [0.15, 0.2) is 11.5 Å². The van der Waals surface area contributed by atoms with Crippen LogP contribution in [0.25, 0.3) is 10.7 Å². The Morgan fingerprint density at radius 2 is 1.96 bits per heavy atom. The number of carbonyl (C=O) groups is 1. The summed E-state index contributed by atoms with van der Waals surface area (Å²) in [7, 11) is 0. The minimum Gasteiger partial charge on any atom is -0.506 e. The number of H-pyrrole nitrogens is 1. The van der Waals surface area contributed by atoms with Crippen molar-refractivity contribution in [3.63, 3.8) is 0 Å². The van der Waals surface area contributed by atoms with Gasteiger partial charge >= 0.3 is 0 Å². The summed E-state index contributed by atoms with van der Waals surface area (Å²) in [5.74, 6) is -1.53. The van der Waals surface area contributed by atoms with Crippen molar-refractivity contribution >= 4 is 22.9 Å². The highest BCUT2D eigenvalue weighted by molar-refractivity contribution is 7.13. The van der Waals surface area contributed by atoms with Gasteiger partial charge in [0.05, 0.1) is 10.6 Å². The molecule has 0 aliphatic carbocycles. The van der Waals surface area contributed by atoms with E-state index >= 15 is 0 Å². The van der Waals surface area contributed by atoms with Crippen LogP contribution in [0.5, 0.6) is 11.5 Å². The summed E-state index contributed by atoms with van der Waals surface area (Å²) in [4.78, 5) is 31.2. The van der Waals surface area contributed by atoms with E-state index in [4.69, 9.17) is 0 Å². The van der Waals surface area contributed by atoms with Crippen molar-refractivity contribution in [1.82, 2.24) is 9.97 Å². The number of anilines is 1. The summed E-state index contributed by atoms with van der Waals surface area (Å²) in [5, 5.41) is 23.7. The number of phenols is 1. The minimum atomic E-state index is -0.814. The lowest BCUT2D eigenvalue weighted by atomic mass is 10.2. The molecule has 2 heterocycles. The predicted octanol–water partition coefficient (Wildman–Crippen LogP) is 2.16. The number of nitrogens with one attached hydrogen (secondary N) is 2. The molecule has 2 aromatic heterocycles. The molecule has 0 radical (unpaired) electrons. The number of amides is 1. The van der Waals surface area contributed by atoms with E-state index in [-0.39, 0.29) is 17.3 Å². The van der Waals surface area contributed by atoms with Gasteiger partial charge in [0.25, 0.3) is 11.5 Å². The number of phenolic OH excluding ortho intramolecular Hbond substituents is 1. The number of aromatic nitrogens is 2. The molecule has 116 valence electrons. The molecule has 0 fully saturated rings. The number of hydrogen-bond donors (Lipinski definition) is 4. The van der Waals surface area contributed by atoms with Crippen LogP contribution in [0.15, 0.2) is 46.6 Å². The molecular weight excluding hydrogens is 318 g/mol. The highest BCUT2D eigenvalue weighted by atomic mass is 32.1. The Hall–Kier alpha value is -3.13. The fraction of sp³-hybridized carbons (Fsp3) is 0. The number of aromatic hydroxyl groups is 2. The van der Waals surface area contributed by atoms with E-state index in [0.29, 0.717) is 4.88 Å². The van der Waals surface area contributed by atoms with Crippen molar-refractivity contribution in [3.8, 4) is 22.2 Å². The van der Waals surface area contributed by atoms with Gasteiger partial charge in [-0.1, -0.05) is 18.2 Å². The van der Waals surface area contributed by atoms with E-state index in [1.54, 1.807) is 29.6 Å². The van der Waals surface area contributed by atoms with Gasteiger partial charge in [-0.25, -0.2) is 4.98 Å². The van der Waals surface area contributed by atoms with Crippen LogP contribution in [0.3, 0.4) is 0 Å². The minimum absolute atomic E-state index is 0.135. The van der Waals surface area contributed by atoms with Gasteiger partial charge in [-0.2, -0.15) is 0 Å². The predicted molar refractivity (Wildman–Crippen MR) is 85.9 cm³/mol. The Morgan fingerprint density at radius 3 is 2.65 bits per heavy atom. The molecule has 1 amide bonds. The van der Waals surface area contributed by atoms with Crippen molar-refractivity contribution in [3.05, 3.63) is 57.8 Å². The van der Waals surface area contributed by atoms with E-state index in [1.165, 1.54) is 23.5 Å². The summed E-state index contributed by atoms with van der Waals surface area (Å²) < 4.78 is 0. The molecule has 3 aromatic rings. The SMILES string of the molecule is O=C(Nc1ccccc1O)c1nc(-c2cccs2)[nH]c(=O)c1O. The van der Waals surface area contributed by atoms with Crippen molar-refractivity contribution in [2.75, 3.05) is 5.32 Å². The summed E-state index contributed by atoms with van der Waals surface area (Å²) in [5.41, 5.74) is -1.08. The zero-order chi connectivity index (χ0) is 16.4. The molecule has 0 unspecified atom stereocenters. The van der Waals surface area contributed by atoms with Gasteiger partial charge in [0.1, 0.15) is 5.75 Å². The molecule has 0 aliphatic heterocycles.